The lowest BCUT2D eigenvalue weighted by molar-refractivity contribution is 0.255. The number of rotatable bonds is 2. The van der Waals surface area contributed by atoms with Crippen LogP contribution in [0.25, 0.3) is 10.8 Å². The van der Waals surface area contributed by atoms with Gasteiger partial charge in [-0.2, -0.15) is 5.26 Å². The number of hydrogen-bond donors (Lipinski definition) is 0. The van der Waals surface area contributed by atoms with Gasteiger partial charge in [0.05, 0.1) is 24.5 Å². The third-order valence-corrected chi connectivity index (χ3v) is 4.18. The number of aryl methyl sites for hydroxylation is 1. The number of nitriles is 1. The van der Waals surface area contributed by atoms with Crippen LogP contribution in [0.2, 0.25) is 0 Å². The van der Waals surface area contributed by atoms with Crippen molar-refractivity contribution < 1.29 is 4.79 Å². The van der Waals surface area contributed by atoms with Crippen LogP contribution in [0, 0.1) is 18.3 Å². The number of benzene rings is 1. The lowest BCUT2D eigenvalue weighted by atomic mass is 10.1. The third kappa shape index (κ3) is 2.44. The zero-order chi connectivity index (χ0) is 17.4. The molecule has 7 nitrogen and oxygen atoms in total. The predicted molar refractivity (Wildman–Crippen MR) is 93.1 cm³/mol. The average Bonchev–Trinajstić information content (AvgIpc) is 2.97. The summed E-state index contributed by atoms with van der Waals surface area (Å²) in [5.41, 5.74) is 1.38. The van der Waals surface area contributed by atoms with E-state index in [0.29, 0.717) is 11.6 Å². The fourth-order valence-corrected chi connectivity index (χ4v) is 2.99. The van der Waals surface area contributed by atoms with Crippen LogP contribution in [0.15, 0.2) is 48.9 Å². The summed E-state index contributed by atoms with van der Waals surface area (Å²) < 4.78 is 0. The Morgan fingerprint density at radius 2 is 2.08 bits per heavy atom. The summed E-state index contributed by atoms with van der Waals surface area (Å²) in [6.45, 7) is 2.04. The summed E-state index contributed by atoms with van der Waals surface area (Å²) in [5.74, 6) is 0.306. The van der Waals surface area contributed by atoms with E-state index in [0.717, 1.165) is 16.5 Å². The van der Waals surface area contributed by atoms with E-state index in [4.69, 9.17) is 0 Å². The molecule has 0 aliphatic carbocycles. The fourth-order valence-electron chi connectivity index (χ4n) is 2.99. The second kappa shape index (κ2) is 5.83. The van der Waals surface area contributed by atoms with Crippen LogP contribution in [0.5, 0.6) is 0 Å². The van der Waals surface area contributed by atoms with Gasteiger partial charge in [0.25, 0.3) is 0 Å². The van der Waals surface area contributed by atoms with Crippen molar-refractivity contribution in [1.29, 1.82) is 5.26 Å². The normalized spacial score (nSPS) is 17.1. The van der Waals surface area contributed by atoms with Gasteiger partial charge >= 0.3 is 6.03 Å². The number of urea groups is 1. The van der Waals surface area contributed by atoms with E-state index in [-0.39, 0.29) is 12.6 Å². The van der Waals surface area contributed by atoms with E-state index < -0.39 is 6.04 Å². The van der Waals surface area contributed by atoms with Crippen molar-refractivity contribution in [2.45, 2.75) is 13.0 Å². The minimum atomic E-state index is -0.635. The van der Waals surface area contributed by atoms with Crippen LogP contribution >= 0.6 is 0 Å². The predicted octanol–water partition coefficient (Wildman–Crippen LogP) is 2.67. The summed E-state index contributed by atoms with van der Waals surface area (Å²) in [6.07, 6.45) is 4.96. The number of fused-ring (bicyclic) bond motifs is 1. The molecule has 1 aliphatic rings. The monoisotopic (exact) mass is 330 g/mol. The van der Waals surface area contributed by atoms with Crippen LogP contribution in [-0.4, -0.2) is 33.6 Å². The maximum absolute atomic E-state index is 13.0. The Hall–Kier alpha value is -3.53. The van der Waals surface area contributed by atoms with Gasteiger partial charge in [0, 0.05) is 28.9 Å². The zero-order valence-electron chi connectivity index (χ0n) is 13.5. The molecule has 1 aromatic carbocycles. The Bertz CT molecular complexity index is 1010. The highest BCUT2D eigenvalue weighted by molar-refractivity contribution is 6.11. The molecule has 25 heavy (non-hydrogen) atoms. The molecule has 122 valence electrons. The van der Waals surface area contributed by atoms with E-state index in [1.807, 2.05) is 31.2 Å². The summed E-state index contributed by atoms with van der Waals surface area (Å²) in [5, 5.41) is 11.4. The van der Waals surface area contributed by atoms with E-state index in [1.54, 1.807) is 24.7 Å². The van der Waals surface area contributed by atoms with Gasteiger partial charge in [-0.25, -0.2) is 14.8 Å². The van der Waals surface area contributed by atoms with Crippen molar-refractivity contribution in [2.24, 2.45) is 0 Å². The number of carbonyl (C=O) groups is 1. The second-order valence-corrected chi connectivity index (χ2v) is 5.79. The highest BCUT2D eigenvalue weighted by Gasteiger charge is 2.41. The van der Waals surface area contributed by atoms with Crippen molar-refractivity contribution in [3.05, 3.63) is 54.6 Å². The van der Waals surface area contributed by atoms with E-state index >= 15 is 0 Å². The highest BCUT2D eigenvalue weighted by atomic mass is 16.2. The van der Waals surface area contributed by atoms with Gasteiger partial charge in [-0.1, -0.05) is 24.3 Å². The van der Waals surface area contributed by atoms with Crippen molar-refractivity contribution in [1.82, 2.24) is 15.0 Å². The highest BCUT2D eigenvalue weighted by Crippen LogP contribution is 2.32. The molecular weight excluding hydrogens is 316 g/mol. The van der Waals surface area contributed by atoms with Crippen molar-refractivity contribution in [3.8, 4) is 6.07 Å². The van der Waals surface area contributed by atoms with Crippen molar-refractivity contribution in [2.75, 3.05) is 16.3 Å². The van der Waals surface area contributed by atoms with Crippen LogP contribution in [-0.2, 0) is 0 Å². The Morgan fingerprint density at radius 1 is 1.24 bits per heavy atom. The minimum absolute atomic E-state index is 0.210. The van der Waals surface area contributed by atoms with Crippen molar-refractivity contribution >= 4 is 28.4 Å². The number of pyridine rings is 1. The quantitative estimate of drug-likeness (QED) is 0.721. The summed E-state index contributed by atoms with van der Waals surface area (Å²) in [4.78, 5) is 28.6. The number of anilines is 2. The first-order valence-electron chi connectivity index (χ1n) is 7.82. The molecule has 3 heterocycles. The molecule has 0 radical (unpaired) electrons. The second-order valence-electron chi connectivity index (χ2n) is 5.79. The minimum Gasteiger partial charge on any atom is -0.273 e. The number of aromatic nitrogens is 3. The summed E-state index contributed by atoms with van der Waals surface area (Å²) in [6, 6.07) is 10.7. The van der Waals surface area contributed by atoms with Gasteiger partial charge in [-0.15, -0.1) is 0 Å². The fraction of sp³-hybridized carbons (Fsp3) is 0.167. The number of amides is 2. The lowest BCUT2D eigenvalue weighted by Gasteiger charge is -2.20. The van der Waals surface area contributed by atoms with Crippen molar-refractivity contribution in [3.63, 3.8) is 0 Å². The molecule has 1 fully saturated rings. The van der Waals surface area contributed by atoms with Gasteiger partial charge < -0.3 is 0 Å². The van der Waals surface area contributed by atoms with E-state index in [9.17, 15) is 10.1 Å². The first kappa shape index (κ1) is 15.0. The zero-order valence-corrected chi connectivity index (χ0v) is 13.5. The van der Waals surface area contributed by atoms with Gasteiger partial charge in [-0.3, -0.25) is 14.8 Å². The summed E-state index contributed by atoms with van der Waals surface area (Å²) >= 11 is 0. The molecule has 0 bridgehead atoms. The Labute approximate surface area is 144 Å². The average molecular weight is 330 g/mol. The molecule has 0 saturated carbocycles. The molecule has 0 unspecified atom stereocenters. The maximum Gasteiger partial charge on any atom is 0.332 e. The smallest absolute Gasteiger partial charge is 0.273 e. The third-order valence-electron chi connectivity index (χ3n) is 4.18. The Morgan fingerprint density at radius 3 is 2.88 bits per heavy atom. The standard InChI is InChI=1S/C18H14N6O/c1-12-6-7-21-17(22-12)23-11-14(8-19)24(18(23)25)16-10-20-9-13-4-2-3-5-15(13)16/h2-7,9-10,14H,11H2,1H3/t14-/m0/s1. The number of hydrogen-bond acceptors (Lipinski definition) is 5. The number of nitrogens with zero attached hydrogens (tertiary/aromatic N) is 6. The van der Waals surface area contributed by atoms with Crippen LogP contribution < -0.4 is 9.80 Å². The largest absolute Gasteiger partial charge is 0.332 e. The number of carbonyl (C=O) groups excluding carboxylic acids is 1. The molecule has 1 saturated heterocycles. The first-order valence-corrected chi connectivity index (χ1v) is 7.82. The maximum atomic E-state index is 13.0. The van der Waals surface area contributed by atoms with Crippen LogP contribution in [0.1, 0.15) is 5.69 Å². The first-order chi connectivity index (χ1) is 12.2. The van der Waals surface area contributed by atoms with Gasteiger partial charge in [0.1, 0.15) is 6.04 Å². The van der Waals surface area contributed by atoms with E-state index in [2.05, 4.69) is 21.0 Å². The molecule has 4 rings (SSSR count). The molecule has 2 amide bonds. The summed E-state index contributed by atoms with van der Waals surface area (Å²) in [7, 11) is 0. The molecule has 2 aromatic heterocycles. The lowest BCUT2D eigenvalue weighted by Crippen LogP contribution is -2.35. The molecule has 0 N–H and O–H groups in total. The van der Waals surface area contributed by atoms with E-state index in [1.165, 1.54) is 9.80 Å². The van der Waals surface area contributed by atoms with Crippen LogP contribution in [0.4, 0.5) is 16.4 Å². The Balaban J connectivity index is 1.81. The van der Waals surface area contributed by atoms with Crippen LogP contribution in [0.3, 0.4) is 0 Å². The van der Waals surface area contributed by atoms with Gasteiger partial charge in [0.15, 0.2) is 0 Å². The Kier molecular flexibility index (Phi) is 3.51. The molecule has 3 aromatic rings. The molecular formula is C18H14N6O. The molecule has 1 atom stereocenters. The molecule has 0 spiro atoms. The molecule has 7 heteroatoms. The van der Waals surface area contributed by atoms with Gasteiger partial charge in [0.2, 0.25) is 5.95 Å². The molecule has 1 aliphatic heterocycles. The topological polar surface area (TPSA) is 86.0 Å². The SMILES string of the molecule is Cc1ccnc(N2C[C@H](C#N)N(c3cncc4ccccc34)C2=O)n1. The van der Waals surface area contributed by atoms with Gasteiger partial charge in [-0.05, 0) is 13.0 Å².